The van der Waals surface area contributed by atoms with E-state index in [-0.39, 0.29) is 5.50 Å². The fraction of sp³-hybridized carbons (Fsp3) is 0.917. The summed E-state index contributed by atoms with van der Waals surface area (Å²) >= 11 is 0. The molecule has 0 aromatic heterocycles. The third kappa shape index (κ3) is 3.79. The smallest absolute Gasteiger partial charge is 0.172 e. The molecule has 2 rings (SSSR count). The van der Waals surface area contributed by atoms with Crippen molar-refractivity contribution in [1.82, 2.24) is 14.7 Å². The monoisotopic (exact) mass is 288 g/mol. The molecule has 0 N–H and O–H groups in total. The first-order valence-corrected chi connectivity index (χ1v) is 8.97. The number of hydrogen-bond donors (Lipinski definition) is 0. The van der Waals surface area contributed by atoms with E-state index in [1.54, 1.807) is 0 Å². The summed E-state index contributed by atoms with van der Waals surface area (Å²) in [5.74, 6) is 0. The van der Waals surface area contributed by atoms with Crippen molar-refractivity contribution in [2.75, 3.05) is 46.8 Å². The molecular weight excluding hydrogens is 264 g/mol. The van der Waals surface area contributed by atoms with Crippen LogP contribution in [0, 0.1) is 0 Å². The lowest BCUT2D eigenvalue weighted by molar-refractivity contribution is 0.227. The summed E-state index contributed by atoms with van der Waals surface area (Å²) in [4.78, 5) is 12.0. The summed E-state index contributed by atoms with van der Waals surface area (Å²) in [5, 5.41) is 1.23. The Labute approximate surface area is 119 Å². The Bertz CT molecular complexity index is 296. The third-order valence-corrected chi connectivity index (χ3v) is 5.99. The molecule has 1 saturated heterocycles. The van der Waals surface area contributed by atoms with E-state index in [1.165, 1.54) is 44.2 Å². The molecule has 1 atom stereocenters. The lowest BCUT2D eigenvalue weighted by Gasteiger charge is -2.30. The SMILES string of the molecule is CCN1CCCCN(C2=NC(N(C)C)SS2)CC1. The van der Waals surface area contributed by atoms with Gasteiger partial charge in [-0.1, -0.05) is 6.92 Å². The van der Waals surface area contributed by atoms with Gasteiger partial charge in [0.05, 0.1) is 0 Å². The number of rotatable bonds is 2. The topological polar surface area (TPSA) is 22.1 Å². The summed E-state index contributed by atoms with van der Waals surface area (Å²) in [6, 6.07) is 0. The van der Waals surface area contributed by atoms with Crippen molar-refractivity contribution in [3.63, 3.8) is 0 Å². The van der Waals surface area contributed by atoms with Gasteiger partial charge in [-0.3, -0.25) is 4.90 Å². The van der Waals surface area contributed by atoms with Crippen LogP contribution in [0.5, 0.6) is 0 Å². The minimum atomic E-state index is 0.290. The van der Waals surface area contributed by atoms with E-state index >= 15 is 0 Å². The van der Waals surface area contributed by atoms with Crippen LogP contribution in [0.3, 0.4) is 0 Å². The van der Waals surface area contributed by atoms with Gasteiger partial charge in [0.1, 0.15) is 0 Å². The van der Waals surface area contributed by atoms with Gasteiger partial charge < -0.3 is 9.80 Å². The Balaban J connectivity index is 1.93. The Morgan fingerprint density at radius 3 is 2.67 bits per heavy atom. The second kappa shape index (κ2) is 7.03. The average molecular weight is 288 g/mol. The van der Waals surface area contributed by atoms with Crippen LogP contribution < -0.4 is 0 Å². The minimum Gasteiger partial charge on any atom is -0.349 e. The molecule has 0 aromatic rings. The lowest BCUT2D eigenvalue weighted by Crippen LogP contribution is -2.40. The first-order chi connectivity index (χ1) is 8.70. The van der Waals surface area contributed by atoms with Crippen molar-refractivity contribution in [3.8, 4) is 0 Å². The highest BCUT2D eigenvalue weighted by Gasteiger charge is 2.25. The molecule has 2 aliphatic rings. The molecule has 2 heterocycles. The van der Waals surface area contributed by atoms with Crippen LogP contribution in [0.1, 0.15) is 19.8 Å². The normalized spacial score (nSPS) is 27.2. The van der Waals surface area contributed by atoms with Gasteiger partial charge in [-0.05, 0) is 61.6 Å². The predicted octanol–water partition coefficient (Wildman–Crippen LogP) is 2.00. The molecule has 104 valence electrons. The molecule has 4 nitrogen and oxygen atoms in total. The van der Waals surface area contributed by atoms with Gasteiger partial charge >= 0.3 is 0 Å². The molecule has 18 heavy (non-hydrogen) atoms. The molecule has 1 fully saturated rings. The summed E-state index contributed by atoms with van der Waals surface area (Å²) in [5.41, 5.74) is 0.290. The van der Waals surface area contributed by atoms with Crippen molar-refractivity contribution >= 4 is 26.8 Å². The maximum atomic E-state index is 4.81. The summed E-state index contributed by atoms with van der Waals surface area (Å²) in [6.07, 6.45) is 2.60. The number of nitrogens with zero attached hydrogens (tertiary/aromatic N) is 4. The van der Waals surface area contributed by atoms with Crippen molar-refractivity contribution in [1.29, 1.82) is 0 Å². The zero-order valence-corrected chi connectivity index (χ0v) is 13.3. The van der Waals surface area contributed by atoms with Crippen LogP contribution in [0.25, 0.3) is 0 Å². The van der Waals surface area contributed by atoms with Crippen molar-refractivity contribution in [2.24, 2.45) is 4.99 Å². The molecule has 0 spiro atoms. The fourth-order valence-electron chi connectivity index (χ4n) is 2.19. The molecule has 2 aliphatic heterocycles. The van der Waals surface area contributed by atoms with E-state index in [4.69, 9.17) is 4.99 Å². The predicted molar refractivity (Wildman–Crippen MR) is 83.0 cm³/mol. The van der Waals surface area contributed by atoms with E-state index < -0.39 is 0 Å². The highest BCUT2D eigenvalue weighted by Crippen LogP contribution is 2.38. The molecule has 0 radical (unpaired) electrons. The lowest BCUT2D eigenvalue weighted by atomic mass is 10.2. The summed E-state index contributed by atoms with van der Waals surface area (Å²) in [6.45, 7) is 8.16. The van der Waals surface area contributed by atoms with E-state index in [1.807, 2.05) is 21.6 Å². The molecule has 0 saturated carbocycles. The van der Waals surface area contributed by atoms with Crippen molar-refractivity contribution in [2.45, 2.75) is 25.3 Å². The molecule has 0 amide bonds. The van der Waals surface area contributed by atoms with E-state index in [0.717, 1.165) is 6.54 Å². The van der Waals surface area contributed by atoms with E-state index in [2.05, 4.69) is 35.7 Å². The van der Waals surface area contributed by atoms with Gasteiger partial charge in [0, 0.05) is 19.6 Å². The largest absolute Gasteiger partial charge is 0.349 e. The second-order valence-electron chi connectivity index (χ2n) is 5.01. The first-order valence-electron chi connectivity index (χ1n) is 6.75. The zero-order valence-electron chi connectivity index (χ0n) is 11.6. The Morgan fingerprint density at radius 1 is 1.22 bits per heavy atom. The number of amidine groups is 1. The van der Waals surface area contributed by atoms with Crippen LogP contribution in [0.2, 0.25) is 0 Å². The Kier molecular flexibility index (Phi) is 5.66. The standard InChI is InChI=1S/C12H24N4S2/c1-4-15-7-5-6-8-16(10-9-15)12-13-11(14(2)3)17-18-12/h11H,4-10H2,1-3H3. The second-order valence-corrected chi connectivity index (χ2v) is 7.23. The van der Waals surface area contributed by atoms with E-state index in [9.17, 15) is 0 Å². The highest BCUT2D eigenvalue weighted by molar-refractivity contribution is 8.82. The maximum absolute atomic E-state index is 4.81. The third-order valence-electron chi connectivity index (χ3n) is 3.43. The van der Waals surface area contributed by atoms with Gasteiger partial charge in [0.2, 0.25) is 0 Å². The van der Waals surface area contributed by atoms with Crippen LogP contribution in [0.15, 0.2) is 4.99 Å². The number of hydrogen-bond acceptors (Lipinski definition) is 6. The quantitative estimate of drug-likeness (QED) is 0.723. The van der Waals surface area contributed by atoms with Gasteiger partial charge in [0.25, 0.3) is 0 Å². The van der Waals surface area contributed by atoms with Crippen LogP contribution in [-0.2, 0) is 0 Å². The van der Waals surface area contributed by atoms with Crippen molar-refractivity contribution < 1.29 is 0 Å². The van der Waals surface area contributed by atoms with Gasteiger partial charge in [-0.25, -0.2) is 4.99 Å². The first kappa shape index (κ1) is 14.5. The maximum Gasteiger partial charge on any atom is 0.172 e. The van der Waals surface area contributed by atoms with Crippen LogP contribution >= 0.6 is 21.6 Å². The van der Waals surface area contributed by atoms with Crippen molar-refractivity contribution in [3.05, 3.63) is 0 Å². The molecule has 0 aliphatic carbocycles. The summed E-state index contributed by atoms with van der Waals surface area (Å²) in [7, 11) is 7.89. The van der Waals surface area contributed by atoms with Gasteiger partial charge in [-0.2, -0.15) is 0 Å². The minimum absolute atomic E-state index is 0.290. The van der Waals surface area contributed by atoms with Crippen LogP contribution in [0.4, 0.5) is 0 Å². The molecule has 0 bridgehead atoms. The fourth-order valence-corrected chi connectivity index (χ4v) is 4.78. The number of aliphatic imine (C=N–C) groups is 1. The highest BCUT2D eigenvalue weighted by atomic mass is 33.1. The number of likely N-dealkylation sites (N-methyl/N-ethyl adjacent to an activating group) is 1. The van der Waals surface area contributed by atoms with Crippen LogP contribution in [-0.4, -0.2) is 72.2 Å². The van der Waals surface area contributed by atoms with Gasteiger partial charge in [-0.15, -0.1) is 0 Å². The molecule has 0 aromatic carbocycles. The van der Waals surface area contributed by atoms with E-state index in [0.29, 0.717) is 0 Å². The van der Waals surface area contributed by atoms with Gasteiger partial charge in [0.15, 0.2) is 10.7 Å². The Hall–Kier alpha value is 0.0900. The Morgan fingerprint density at radius 2 is 2.00 bits per heavy atom. The molecule has 1 unspecified atom stereocenters. The average Bonchev–Trinajstić information content (AvgIpc) is 2.79. The molecule has 6 heteroatoms. The zero-order chi connectivity index (χ0) is 13.0. The summed E-state index contributed by atoms with van der Waals surface area (Å²) < 4.78 is 0. The molecular formula is C12H24N4S2.